The fraction of sp³-hybridized carbons (Fsp3) is 0.364. The molecule has 0 aliphatic rings. The van der Waals surface area contributed by atoms with Gasteiger partial charge in [0, 0.05) is 18.8 Å². The van der Waals surface area contributed by atoms with Gasteiger partial charge in [-0.05, 0) is 24.6 Å². The predicted molar refractivity (Wildman–Crippen MR) is 78.2 cm³/mol. The molecule has 0 atom stereocenters. The first-order chi connectivity index (χ1) is 9.65. The first kappa shape index (κ1) is 17.4. The van der Waals surface area contributed by atoms with Crippen LogP contribution in [-0.4, -0.2) is 36.2 Å². The summed E-state index contributed by atoms with van der Waals surface area (Å²) in [4.78, 5) is -0.157. The van der Waals surface area contributed by atoms with E-state index in [1.165, 1.54) is 18.2 Å². The first-order valence-electron chi connectivity index (χ1n) is 5.89. The molecule has 1 rings (SSSR count). The molecular formula is C11H16N4O4S2. The highest BCUT2D eigenvalue weighted by atomic mass is 32.2. The van der Waals surface area contributed by atoms with Gasteiger partial charge in [-0.1, -0.05) is 0 Å². The maximum atomic E-state index is 12.0. The lowest BCUT2D eigenvalue weighted by atomic mass is 10.2. The van der Waals surface area contributed by atoms with Gasteiger partial charge in [0.2, 0.25) is 20.0 Å². The Kier molecular flexibility index (Phi) is 5.68. The predicted octanol–water partition coefficient (Wildman–Crippen LogP) is -0.642. The van der Waals surface area contributed by atoms with Crippen LogP contribution in [0.3, 0.4) is 0 Å². The van der Waals surface area contributed by atoms with E-state index in [9.17, 15) is 16.8 Å². The van der Waals surface area contributed by atoms with Gasteiger partial charge in [-0.15, -0.1) is 0 Å². The van der Waals surface area contributed by atoms with Crippen LogP contribution in [0.4, 0.5) is 5.69 Å². The molecular weight excluding hydrogens is 316 g/mol. The molecule has 0 fully saturated rings. The summed E-state index contributed by atoms with van der Waals surface area (Å²) in [5, 5.41) is 8.93. The van der Waals surface area contributed by atoms with Crippen molar-refractivity contribution in [2.75, 3.05) is 25.1 Å². The molecule has 116 valence electrons. The SMILES string of the molecule is CS(=O)(=O)NCCCNS(=O)(=O)c1ccc(N)cc1C#N. The molecule has 1 aromatic carbocycles. The molecule has 0 saturated heterocycles. The Labute approximate surface area is 124 Å². The van der Waals surface area contributed by atoms with Gasteiger partial charge in [0.25, 0.3) is 0 Å². The minimum Gasteiger partial charge on any atom is -0.399 e. The lowest BCUT2D eigenvalue weighted by molar-refractivity contribution is 0.574. The number of nitrogens with two attached hydrogens (primary N) is 1. The minimum atomic E-state index is -3.84. The summed E-state index contributed by atoms with van der Waals surface area (Å²) in [6.07, 6.45) is 1.30. The fourth-order valence-corrected chi connectivity index (χ4v) is 3.22. The zero-order valence-electron chi connectivity index (χ0n) is 11.3. The van der Waals surface area contributed by atoms with Crippen molar-refractivity contribution in [3.05, 3.63) is 23.8 Å². The van der Waals surface area contributed by atoms with Crippen LogP contribution >= 0.6 is 0 Å². The van der Waals surface area contributed by atoms with Crippen molar-refractivity contribution in [2.24, 2.45) is 0 Å². The summed E-state index contributed by atoms with van der Waals surface area (Å²) in [5.74, 6) is 0. The zero-order valence-corrected chi connectivity index (χ0v) is 13.0. The molecule has 0 spiro atoms. The monoisotopic (exact) mass is 332 g/mol. The van der Waals surface area contributed by atoms with Crippen molar-refractivity contribution in [2.45, 2.75) is 11.3 Å². The van der Waals surface area contributed by atoms with E-state index in [4.69, 9.17) is 11.0 Å². The van der Waals surface area contributed by atoms with Gasteiger partial charge < -0.3 is 5.73 Å². The van der Waals surface area contributed by atoms with Crippen molar-refractivity contribution in [1.29, 1.82) is 5.26 Å². The van der Waals surface area contributed by atoms with Gasteiger partial charge in [-0.3, -0.25) is 0 Å². The number of nitriles is 1. The highest BCUT2D eigenvalue weighted by molar-refractivity contribution is 7.89. The van der Waals surface area contributed by atoms with E-state index < -0.39 is 20.0 Å². The van der Waals surface area contributed by atoms with Gasteiger partial charge in [0.05, 0.1) is 16.7 Å². The van der Waals surface area contributed by atoms with Crippen LogP contribution in [0.2, 0.25) is 0 Å². The summed E-state index contributed by atoms with van der Waals surface area (Å²) >= 11 is 0. The van der Waals surface area contributed by atoms with Crippen LogP contribution in [0, 0.1) is 11.3 Å². The van der Waals surface area contributed by atoms with Crippen LogP contribution in [0.15, 0.2) is 23.1 Å². The highest BCUT2D eigenvalue weighted by Crippen LogP contribution is 2.17. The Morgan fingerprint density at radius 2 is 1.81 bits per heavy atom. The van der Waals surface area contributed by atoms with E-state index in [1.807, 2.05) is 0 Å². The molecule has 0 unspecified atom stereocenters. The molecule has 0 bridgehead atoms. The number of rotatable bonds is 7. The number of benzene rings is 1. The van der Waals surface area contributed by atoms with Crippen LogP contribution in [0.1, 0.15) is 12.0 Å². The summed E-state index contributed by atoms with van der Waals surface area (Å²) in [6, 6.07) is 5.70. The molecule has 0 aromatic heterocycles. The topological polar surface area (TPSA) is 142 Å². The molecule has 0 amide bonds. The lowest BCUT2D eigenvalue weighted by Crippen LogP contribution is -2.29. The second kappa shape index (κ2) is 6.86. The standard InChI is InChI=1S/C11H16N4O4S2/c1-20(16,17)14-5-2-6-15-21(18,19)11-4-3-10(13)7-9(11)8-12/h3-4,7,14-15H,2,5-6,13H2,1H3. The second-order valence-corrected chi connectivity index (χ2v) is 7.85. The van der Waals surface area contributed by atoms with E-state index in [0.29, 0.717) is 5.69 Å². The van der Waals surface area contributed by atoms with E-state index in [2.05, 4.69) is 9.44 Å². The quantitative estimate of drug-likeness (QED) is 0.448. The van der Waals surface area contributed by atoms with Gasteiger partial charge >= 0.3 is 0 Å². The molecule has 0 aliphatic heterocycles. The molecule has 0 aliphatic carbocycles. The highest BCUT2D eigenvalue weighted by Gasteiger charge is 2.18. The van der Waals surface area contributed by atoms with E-state index >= 15 is 0 Å². The number of anilines is 1. The number of sulfonamides is 2. The van der Waals surface area contributed by atoms with E-state index in [1.54, 1.807) is 6.07 Å². The molecule has 0 saturated carbocycles. The third-order valence-corrected chi connectivity index (χ3v) is 4.67. The number of nitrogens with zero attached hydrogens (tertiary/aromatic N) is 1. The Morgan fingerprint density at radius 1 is 1.19 bits per heavy atom. The summed E-state index contributed by atoms with van der Waals surface area (Å²) in [5.41, 5.74) is 5.74. The third kappa shape index (κ3) is 5.68. The molecule has 10 heteroatoms. The Morgan fingerprint density at radius 3 is 2.38 bits per heavy atom. The summed E-state index contributed by atoms with van der Waals surface area (Å²) in [6.45, 7) is 0.161. The van der Waals surface area contributed by atoms with Crippen molar-refractivity contribution < 1.29 is 16.8 Å². The minimum absolute atomic E-state index is 0.0418. The average Bonchev–Trinajstić information content (AvgIpc) is 2.36. The third-order valence-electron chi connectivity index (χ3n) is 2.42. The maximum absolute atomic E-state index is 12.0. The number of hydrogen-bond donors (Lipinski definition) is 3. The van der Waals surface area contributed by atoms with Crippen LogP contribution in [-0.2, 0) is 20.0 Å². The molecule has 8 nitrogen and oxygen atoms in total. The summed E-state index contributed by atoms with van der Waals surface area (Å²) in [7, 11) is -7.13. The van der Waals surface area contributed by atoms with Crippen molar-refractivity contribution in [3.8, 4) is 6.07 Å². The van der Waals surface area contributed by atoms with Crippen LogP contribution in [0.25, 0.3) is 0 Å². The largest absolute Gasteiger partial charge is 0.399 e. The van der Waals surface area contributed by atoms with Crippen molar-refractivity contribution >= 4 is 25.7 Å². The number of nitrogens with one attached hydrogen (secondary N) is 2. The molecule has 21 heavy (non-hydrogen) atoms. The first-order valence-corrected chi connectivity index (χ1v) is 9.27. The van der Waals surface area contributed by atoms with E-state index in [-0.39, 0.29) is 30.0 Å². The van der Waals surface area contributed by atoms with Crippen molar-refractivity contribution in [3.63, 3.8) is 0 Å². The molecule has 0 radical (unpaired) electrons. The van der Waals surface area contributed by atoms with Gasteiger partial charge in [0.15, 0.2) is 0 Å². The number of nitrogen functional groups attached to an aromatic ring is 1. The zero-order chi connectivity index (χ0) is 16.1. The molecule has 0 heterocycles. The van der Waals surface area contributed by atoms with E-state index in [0.717, 1.165) is 6.26 Å². The van der Waals surface area contributed by atoms with Gasteiger partial charge in [-0.25, -0.2) is 26.3 Å². The number of hydrogen-bond acceptors (Lipinski definition) is 6. The van der Waals surface area contributed by atoms with Gasteiger partial charge in [0.1, 0.15) is 6.07 Å². The van der Waals surface area contributed by atoms with Crippen LogP contribution in [0.5, 0.6) is 0 Å². The second-order valence-electron chi connectivity index (χ2n) is 4.29. The fourth-order valence-electron chi connectivity index (χ4n) is 1.50. The normalized spacial score (nSPS) is 12.0. The van der Waals surface area contributed by atoms with Gasteiger partial charge in [-0.2, -0.15) is 5.26 Å². The molecule has 4 N–H and O–H groups in total. The van der Waals surface area contributed by atoms with Crippen LogP contribution < -0.4 is 15.2 Å². The Hall–Kier alpha value is -1.67. The Balaban J connectivity index is 2.69. The molecule has 1 aromatic rings. The summed E-state index contributed by atoms with van der Waals surface area (Å²) < 4.78 is 50.3. The smallest absolute Gasteiger partial charge is 0.241 e. The maximum Gasteiger partial charge on any atom is 0.241 e. The van der Waals surface area contributed by atoms with Crippen molar-refractivity contribution in [1.82, 2.24) is 9.44 Å². The Bertz CT molecular complexity index is 751. The lowest BCUT2D eigenvalue weighted by Gasteiger charge is -2.08. The average molecular weight is 332 g/mol.